The SMILES string of the molecule is CCC(O[Si](C)(C)C(C)(C)C)[P+](c1ccccc1)(c1ccccc1)c1ccccc1. The zero-order valence-corrected chi connectivity index (χ0v) is 21.2. The van der Waals surface area contributed by atoms with Crippen molar-refractivity contribution in [3.63, 3.8) is 0 Å². The van der Waals surface area contributed by atoms with Crippen LogP contribution in [0.5, 0.6) is 0 Å². The van der Waals surface area contributed by atoms with Crippen molar-refractivity contribution in [2.24, 2.45) is 0 Å². The van der Waals surface area contributed by atoms with Crippen molar-refractivity contribution in [2.45, 2.75) is 58.1 Å². The molecule has 3 aromatic carbocycles. The largest absolute Gasteiger partial charge is 0.383 e. The second kappa shape index (κ2) is 9.18. The molecular formula is C27H36OPSi+. The molecule has 0 radical (unpaired) electrons. The predicted octanol–water partition coefficient (Wildman–Crippen LogP) is 6.74. The molecule has 0 bridgehead atoms. The van der Waals surface area contributed by atoms with Crippen LogP contribution < -0.4 is 15.9 Å². The molecule has 0 heterocycles. The zero-order chi connectivity index (χ0) is 21.8. The third-order valence-corrected chi connectivity index (χ3v) is 15.9. The summed E-state index contributed by atoms with van der Waals surface area (Å²) in [5.41, 5.74) is 0. The van der Waals surface area contributed by atoms with Gasteiger partial charge in [-0.1, -0.05) is 82.3 Å². The number of hydrogen-bond acceptors (Lipinski definition) is 1. The van der Waals surface area contributed by atoms with Crippen molar-refractivity contribution in [3.8, 4) is 0 Å². The minimum Gasteiger partial charge on any atom is -0.383 e. The van der Waals surface area contributed by atoms with Gasteiger partial charge in [0.1, 0.15) is 23.2 Å². The van der Waals surface area contributed by atoms with E-state index in [1.807, 2.05) is 0 Å². The van der Waals surface area contributed by atoms with Crippen molar-refractivity contribution >= 4 is 31.5 Å². The third-order valence-electron chi connectivity index (χ3n) is 6.51. The number of rotatable bonds is 7. The van der Waals surface area contributed by atoms with Gasteiger partial charge in [-0.3, -0.25) is 0 Å². The summed E-state index contributed by atoms with van der Waals surface area (Å²) in [7, 11) is -3.99. The van der Waals surface area contributed by atoms with E-state index in [2.05, 4.69) is 132 Å². The van der Waals surface area contributed by atoms with E-state index in [1.165, 1.54) is 15.9 Å². The standard InChI is InChI=1S/C27H36OPSi/c1-7-26(28-30(5,6)27(2,3)4)29(23-17-11-8-12-18-23,24-19-13-9-14-20-24)25-21-15-10-16-22-25/h8-22,26H,7H2,1-6H3/q+1. The Bertz CT molecular complexity index is 821. The van der Waals surface area contributed by atoms with E-state index in [1.54, 1.807) is 0 Å². The maximum atomic E-state index is 7.27. The van der Waals surface area contributed by atoms with Gasteiger partial charge in [0.25, 0.3) is 0 Å². The lowest BCUT2D eigenvalue weighted by molar-refractivity contribution is 0.251. The van der Waals surface area contributed by atoms with Gasteiger partial charge < -0.3 is 4.43 Å². The Hall–Kier alpha value is -1.73. The van der Waals surface area contributed by atoms with Crippen LogP contribution in [0.3, 0.4) is 0 Å². The first-order valence-electron chi connectivity index (χ1n) is 11.0. The summed E-state index contributed by atoms with van der Waals surface area (Å²) < 4.78 is 7.27. The molecular weight excluding hydrogens is 399 g/mol. The molecule has 0 aliphatic rings. The Morgan fingerprint density at radius 1 is 0.700 bits per heavy atom. The molecule has 1 unspecified atom stereocenters. The average molecular weight is 436 g/mol. The highest BCUT2D eigenvalue weighted by molar-refractivity contribution is 7.96. The molecule has 0 aliphatic carbocycles. The van der Waals surface area contributed by atoms with E-state index >= 15 is 0 Å². The van der Waals surface area contributed by atoms with E-state index in [0.717, 1.165) is 6.42 Å². The average Bonchev–Trinajstić information content (AvgIpc) is 2.75. The van der Waals surface area contributed by atoms with Crippen molar-refractivity contribution in [2.75, 3.05) is 0 Å². The molecule has 0 saturated heterocycles. The first kappa shape index (κ1) is 22.9. The molecule has 3 aromatic rings. The fourth-order valence-electron chi connectivity index (χ4n) is 3.89. The summed E-state index contributed by atoms with van der Waals surface area (Å²) in [5, 5.41) is 4.36. The molecule has 0 aromatic heterocycles. The van der Waals surface area contributed by atoms with Crippen molar-refractivity contribution < 1.29 is 4.43 Å². The summed E-state index contributed by atoms with van der Waals surface area (Å²) in [6.45, 7) is 14.1. The highest BCUT2D eigenvalue weighted by Crippen LogP contribution is 2.62. The van der Waals surface area contributed by atoms with Crippen LogP contribution in [0.1, 0.15) is 34.1 Å². The molecule has 0 aliphatic heterocycles. The smallest absolute Gasteiger partial charge is 0.197 e. The van der Waals surface area contributed by atoms with Crippen molar-refractivity contribution in [1.82, 2.24) is 0 Å². The van der Waals surface area contributed by atoms with E-state index in [9.17, 15) is 0 Å². The molecule has 0 fully saturated rings. The Morgan fingerprint density at radius 2 is 1.03 bits per heavy atom. The van der Waals surface area contributed by atoms with E-state index in [-0.39, 0.29) is 10.9 Å². The Kier molecular flexibility index (Phi) is 7.02. The highest BCUT2D eigenvalue weighted by atomic mass is 31.2. The van der Waals surface area contributed by atoms with E-state index < -0.39 is 15.6 Å². The summed E-state index contributed by atoms with van der Waals surface area (Å²) in [5.74, 6) is 0.144. The van der Waals surface area contributed by atoms with Gasteiger partial charge in [0.05, 0.1) is 0 Å². The lowest BCUT2D eigenvalue weighted by Gasteiger charge is -2.42. The van der Waals surface area contributed by atoms with Gasteiger partial charge in [-0.05, 0) is 54.5 Å². The third kappa shape index (κ3) is 4.33. The van der Waals surface area contributed by atoms with Crippen LogP contribution in [-0.4, -0.2) is 14.2 Å². The van der Waals surface area contributed by atoms with Gasteiger partial charge in [0.2, 0.25) is 0 Å². The van der Waals surface area contributed by atoms with Crippen molar-refractivity contribution in [1.29, 1.82) is 0 Å². The molecule has 0 saturated carbocycles. The first-order valence-corrected chi connectivity index (χ1v) is 15.7. The quantitative estimate of drug-likeness (QED) is 0.295. The monoisotopic (exact) mass is 435 g/mol. The van der Waals surface area contributed by atoms with Crippen LogP contribution in [0.25, 0.3) is 0 Å². The van der Waals surface area contributed by atoms with Crippen LogP contribution in [0, 0.1) is 0 Å². The zero-order valence-electron chi connectivity index (χ0n) is 19.3. The summed E-state index contributed by atoms with van der Waals surface area (Å²) in [4.78, 5) is 0. The molecule has 0 N–H and O–H groups in total. The van der Waals surface area contributed by atoms with Crippen LogP contribution in [0.4, 0.5) is 0 Å². The normalized spacial score (nSPS) is 13.8. The van der Waals surface area contributed by atoms with Gasteiger partial charge in [-0.25, -0.2) is 0 Å². The maximum absolute atomic E-state index is 7.27. The van der Waals surface area contributed by atoms with Crippen LogP contribution >= 0.6 is 7.26 Å². The fourth-order valence-corrected chi connectivity index (χ4v) is 10.9. The van der Waals surface area contributed by atoms with E-state index in [4.69, 9.17) is 4.43 Å². The molecule has 3 heteroatoms. The molecule has 158 valence electrons. The number of hydrogen-bond donors (Lipinski definition) is 0. The maximum Gasteiger partial charge on any atom is 0.197 e. The minimum atomic E-state index is -2.02. The number of benzene rings is 3. The van der Waals surface area contributed by atoms with E-state index in [0.29, 0.717) is 0 Å². The Morgan fingerprint density at radius 3 is 1.30 bits per heavy atom. The topological polar surface area (TPSA) is 9.23 Å². The summed E-state index contributed by atoms with van der Waals surface area (Å²) >= 11 is 0. The predicted molar refractivity (Wildman–Crippen MR) is 138 cm³/mol. The minimum absolute atomic E-state index is 0.144. The lowest BCUT2D eigenvalue weighted by Crippen LogP contribution is -2.48. The second-order valence-electron chi connectivity index (χ2n) is 9.47. The highest BCUT2D eigenvalue weighted by Gasteiger charge is 2.55. The van der Waals surface area contributed by atoms with Crippen molar-refractivity contribution in [3.05, 3.63) is 91.0 Å². The van der Waals surface area contributed by atoms with Crippen LogP contribution in [0.2, 0.25) is 18.1 Å². The van der Waals surface area contributed by atoms with Gasteiger partial charge in [0, 0.05) is 6.42 Å². The molecule has 0 spiro atoms. The van der Waals surface area contributed by atoms with Gasteiger partial charge >= 0.3 is 0 Å². The molecule has 30 heavy (non-hydrogen) atoms. The molecule has 0 amide bonds. The lowest BCUT2D eigenvalue weighted by atomic mass is 10.2. The Labute approximate surface area is 185 Å². The summed E-state index contributed by atoms with van der Waals surface area (Å²) in [6.07, 6.45) is 0.985. The van der Waals surface area contributed by atoms with Gasteiger partial charge in [-0.15, -0.1) is 0 Å². The Balaban J connectivity index is 2.33. The van der Waals surface area contributed by atoms with Crippen LogP contribution in [-0.2, 0) is 4.43 Å². The fraction of sp³-hybridized carbons (Fsp3) is 0.333. The molecule has 3 rings (SSSR count). The van der Waals surface area contributed by atoms with Gasteiger partial charge in [0.15, 0.2) is 14.2 Å². The first-order chi connectivity index (χ1) is 14.2. The molecule has 1 atom stereocenters. The summed E-state index contributed by atoms with van der Waals surface area (Å²) in [6, 6.07) is 33.3. The van der Waals surface area contributed by atoms with Gasteiger partial charge in [-0.2, -0.15) is 0 Å². The van der Waals surface area contributed by atoms with Crippen LogP contribution in [0.15, 0.2) is 91.0 Å². The second-order valence-corrected chi connectivity index (χ2v) is 17.8. The molecule has 1 nitrogen and oxygen atoms in total.